The second-order valence-electron chi connectivity index (χ2n) is 5.22. The molecule has 1 N–H and O–H groups in total. The third kappa shape index (κ3) is 6.36. The molecule has 0 atom stereocenters. The monoisotopic (exact) mass is 417 g/mol. The Morgan fingerprint density at radius 1 is 1.32 bits per heavy atom. The van der Waals surface area contributed by atoms with E-state index in [-0.39, 0.29) is 10.6 Å². The van der Waals surface area contributed by atoms with Crippen molar-refractivity contribution in [1.29, 1.82) is 0 Å². The van der Waals surface area contributed by atoms with Crippen LogP contribution in [-0.4, -0.2) is 47.7 Å². The molecule has 2 aromatic rings. The number of sulfone groups is 1. The number of imidazole rings is 1. The first kappa shape index (κ1) is 20.4. The minimum atomic E-state index is -3.40. The number of nitrogens with zero attached hydrogens (tertiary/aromatic N) is 2. The van der Waals surface area contributed by atoms with Gasteiger partial charge in [0.15, 0.2) is 9.84 Å². The van der Waals surface area contributed by atoms with Crippen LogP contribution in [0.1, 0.15) is 11.4 Å². The number of thioether (sulfide) groups is 2. The standard InChI is InChI=1S/C16H20ClN3O2S3/c1-12-15(20-11-19-12)9-24-8-7-18-16(23-2)10-25(21,22)14-5-3-13(17)4-6-14/h3-6,11H,7-10H2,1-2H3,(H,19,20). The van der Waals surface area contributed by atoms with Gasteiger partial charge < -0.3 is 4.98 Å². The van der Waals surface area contributed by atoms with E-state index in [1.165, 1.54) is 23.9 Å². The number of halogens is 1. The van der Waals surface area contributed by atoms with Crippen LogP contribution in [0.3, 0.4) is 0 Å². The molecule has 0 bridgehead atoms. The first-order valence-electron chi connectivity index (χ1n) is 7.54. The second-order valence-corrected chi connectivity index (χ2v) is 9.63. The number of aliphatic imine (C=N–C) groups is 1. The maximum atomic E-state index is 12.4. The molecule has 0 radical (unpaired) electrons. The molecule has 0 saturated carbocycles. The number of aryl methyl sites for hydroxylation is 1. The van der Waals surface area contributed by atoms with Gasteiger partial charge in [-0.1, -0.05) is 11.6 Å². The summed E-state index contributed by atoms with van der Waals surface area (Å²) in [5.74, 6) is 1.55. The summed E-state index contributed by atoms with van der Waals surface area (Å²) >= 11 is 8.91. The first-order chi connectivity index (χ1) is 11.9. The maximum Gasteiger partial charge on any atom is 0.184 e. The van der Waals surface area contributed by atoms with Crippen LogP contribution in [-0.2, 0) is 15.6 Å². The number of aromatic nitrogens is 2. The van der Waals surface area contributed by atoms with Crippen molar-refractivity contribution < 1.29 is 8.42 Å². The molecule has 0 aliphatic heterocycles. The summed E-state index contributed by atoms with van der Waals surface area (Å²) in [4.78, 5) is 12.0. The Balaban J connectivity index is 1.87. The Morgan fingerprint density at radius 3 is 2.64 bits per heavy atom. The van der Waals surface area contributed by atoms with Gasteiger partial charge in [0.25, 0.3) is 0 Å². The van der Waals surface area contributed by atoms with E-state index < -0.39 is 9.84 Å². The third-order valence-electron chi connectivity index (χ3n) is 3.42. The Hall–Kier alpha value is -0.960. The molecule has 136 valence electrons. The van der Waals surface area contributed by atoms with Gasteiger partial charge in [-0.2, -0.15) is 11.8 Å². The van der Waals surface area contributed by atoms with Crippen LogP contribution in [0.2, 0.25) is 5.02 Å². The van der Waals surface area contributed by atoms with Crippen molar-refractivity contribution >= 4 is 50.0 Å². The fourth-order valence-corrected chi connectivity index (χ4v) is 5.26. The number of benzene rings is 1. The maximum absolute atomic E-state index is 12.4. The van der Waals surface area contributed by atoms with E-state index in [0.717, 1.165) is 22.9 Å². The number of rotatable bonds is 8. The zero-order chi connectivity index (χ0) is 18.3. The number of H-pyrrole nitrogens is 1. The van der Waals surface area contributed by atoms with Crippen molar-refractivity contribution in [3.8, 4) is 0 Å². The van der Waals surface area contributed by atoms with Crippen LogP contribution in [0.25, 0.3) is 0 Å². The molecule has 1 aromatic carbocycles. The van der Waals surface area contributed by atoms with Crippen molar-refractivity contribution in [2.24, 2.45) is 4.99 Å². The van der Waals surface area contributed by atoms with E-state index in [1.807, 2.05) is 13.2 Å². The van der Waals surface area contributed by atoms with E-state index in [9.17, 15) is 8.42 Å². The lowest BCUT2D eigenvalue weighted by atomic mass is 10.4. The quantitative estimate of drug-likeness (QED) is 0.401. The number of hydrogen-bond donors (Lipinski definition) is 1. The largest absolute Gasteiger partial charge is 0.348 e. The number of hydrogen-bond acceptors (Lipinski definition) is 6. The van der Waals surface area contributed by atoms with Gasteiger partial charge in [0.1, 0.15) is 5.75 Å². The lowest BCUT2D eigenvalue weighted by Crippen LogP contribution is -2.14. The SMILES string of the molecule is CSC(CS(=O)(=O)c1ccc(Cl)cc1)=NCCSCc1nc[nH]c1C. The van der Waals surface area contributed by atoms with Crippen LogP contribution in [0, 0.1) is 6.92 Å². The topological polar surface area (TPSA) is 75.2 Å². The molecule has 0 aliphatic rings. The molecule has 0 aliphatic carbocycles. The van der Waals surface area contributed by atoms with Crippen molar-refractivity contribution in [2.75, 3.05) is 24.3 Å². The van der Waals surface area contributed by atoms with Crippen LogP contribution >= 0.6 is 35.1 Å². The highest BCUT2D eigenvalue weighted by molar-refractivity contribution is 8.14. The molecule has 5 nitrogen and oxygen atoms in total. The van der Waals surface area contributed by atoms with Crippen molar-refractivity contribution in [3.05, 3.63) is 47.0 Å². The molecule has 1 heterocycles. The van der Waals surface area contributed by atoms with Gasteiger partial charge in [-0.05, 0) is 37.4 Å². The van der Waals surface area contributed by atoms with Crippen LogP contribution in [0.4, 0.5) is 0 Å². The van der Waals surface area contributed by atoms with Gasteiger partial charge in [0, 0.05) is 28.8 Å². The summed E-state index contributed by atoms with van der Waals surface area (Å²) in [5.41, 5.74) is 2.12. The van der Waals surface area contributed by atoms with Gasteiger partial charge in [0.2, 0.25) is 0 Å². The summed E-state index contributed by atoms with van der Waals surface area (Å²) in [6.07, 6.45) is 3.53. The summed E-state index contributed by atoms with van der Waals surface area (Å²) in [6.45, 7) is 2.58. The van der Waals surface area contributed by atoms with Crippen LogP contribution < -0.4 is 0 Å². The lowest BCUT2D eigenvalue weighted by molar-refractivity contribution is 0.600. The molecular formula is C16H20ClN3O2S3. The zero-order valence-electron chi connectivity index (χ0n) is 14.0. The normalized spacial score (nSPS) is 12.5. The van der Waals surface area contributed by atoms with Crippen molar-refractivity contribution in [2.45, 2.75) is 17.6 Å². The zero-order valence-corrected chi connectivity index (χ0v) is 17.2. The molecule has 25 heavy (non-hydrogen) atoms. The number of aromatic amines is 1. The molecule has 0 amide bonds. The molecule has 1 aromatic heterocycles. The average molecular weight is 418 g/mol. The Bertz CT molecular complexity index is 817. The molecule has 0 saturated heterocycles. The molecule has 0 unspecified atom stereocenters. The molecule has 2 rings (SSSR count). The summed E-state index contributed by atoms with van der Waals surface area (Å²) in [6, 6.07) is 6.21. The van der Waals surface area contributed by atoms with E-state index in [4.69, 9.17) is 11.6 Å². The van der Waals surface area contributed by atoms with E-state index >= 15 is 0 Å². The Labute approximate surface area is 162 Å². The van der Waals surface area contributed by atoms with Gasteiger partial charge >= 0.3 is 0 Å². The van der Waals surface area contributed by atoms with Crippen molar-refractivity contribution in [3.63, 3.8) is 0 Å². The minimum Gasteiger partial charge on any atom is -0.348 e. The van der Waals surface area contributed by atoms with Crippen LogP contribution in [0.5, 0.6) is 0 Å². The Kier molecular flexibility index (Phi) is 7.86. The van der Waals surface area contributed by atoms with Crippen LogP contribution in [0.15, 0.2) is 40.5 Å². The van der Waals surface area contributed by atoms with E-state index in [0.29, 0.717) is 16.6 Å². The fourth-order valence-electron chi connectivity index (χ4n) is 1.99. The lowest BCUT2D eigenvalue weighted by Gasteiger charge is -2.06. The highest BCUT2D eigenvalue weighted by atomic mass is 35.5. The van der Waals surface area contributed by atoms with Gasteiger partial charge in [-0.25, -0.2) is 13.4 Å². The highest BCUT2D eigenvalue weighted by Gasteiger charge is 2.17. The predicted molar refractivity (Wildman–Crippen MR) is 109 cm³/mol. The van der Waals surface area contributed by atoms with E-state index in [2.05, 4.69) is 15.0 Å². The van der Waals surface area contributed by atoms with Gasteiger partial charge in [-0.15, -0.1) is 11.8 Å². The van der Waals surface area contributed by atoms with Gasteiger partial charge in [-0.3, -0.25) is 4.99 Å². The molecule has 9 heteroatoms. The average Bonchev–Trinajstić information content (AvgIpc) is 2.99. The summed E-state index contributed by atoms with van der Waals surface area (Å²) in [7, 11) is -3.40. The van der Waals surface area contributed by atoms with Gasteiger partial charge in [0.05, 0.1) is 22.0 Å². The van der Waals surface area contributed by atoms with Crippen molar-refractivity contribution in [1.82, 2.24) is 9.97 Å². The molecule has 0 spiro atoms. The molecular weight excluding hydrogens is 398 g/mol. The second kappa shape index (κ2) is 9.66. The highest BCUT2D eigenvalue weighted by Crippen LogP contribution is 2.17. The smallest absolute Gasteiger partial charge is 0.184 e. The summed E-state index contributed by atoms with van der Waals surface area (Å²) in [5, 5.41) is 1.13. The minimum absolute atomic E-state index is 0.0844. The fraction of sp³-hybridized carbons (Fsp3) is 0.375. The summed E-state index contributed by atoms with van der Waals surface area (Å²) < 4.78 is 24.9. The Morgan fingerprint density at radius 2 is 2.04 bits per heavy atom. The molecule has 0 fully saturated rings. The first-order valence-corrected chi connectivity index (χ1v) is 12.0. The van der Waals surface area contributed by atoms with E-state index in [1.54, 1.807) is 30.2 Å². The number of nitrogens with one attached hydrogen (secondary N) is 1. The predicted octanol–water partition coefficient (Wildman–Crippen LogP) is 3.84. The third-order valence-corrected chi connectivity index (χ3v) is 7.19.